The molecule has 114 valence electrons. The van der Waals surface area contributed by atoms with E-state index in [2.05, 4.69) is 21.2 Å². The normalized spacial score (nSPS) is 17.3. The van der Waals surface area contributed by atoms with Crippen molar-refractivity contribution in [3.63, 3.8) is 0 Å². The molecule has 1 unspecified atom stereocenters. The number of halogens is 3. The predicted molar refractivity (Wildman–Crippen MR) is 75.2 cm³/mol. The van der Waals surface area contributed by atoms with Crippen molar-refractivity contribution in [2.45, 2.75) is 37.1 Å². The molecular formula is C14H14BrF2NO3. The Morgan fingerprint density at radius 1 is 1.38 bits per heavy atom. The first-order valence-electron chi connectivity index (χ1n) is 6.43. The number of amides is 1. The minimum Gasteiger partial charge on any atom is -0.480 e. The highest BCUT2D eigenvalue weighted by molar-refractivity contribution is 9.10. The molecule has 4 nitrogen and oxygen atoms in total. The molecule has 2 N–H and O–H groups in total. The van der Waals surface area contributed by atoms with Crippen molar-refractivity contribution < 1.29 is 23.5 Å². The molecule has 1 saturated carbocycles. The summed E-state index contributed by atoms with van der Waals surface area (Å²) in [5.74, 6) is -1.96. The second-order valence-corrected chi connectivity index (χ2v) is 6.00. The van der Waals surface area contributed by atoms with Crippen LogP contribution in [0.2, 0.25) is 0 Å². The summed E-state index contributed by atoms with van der Waals surface area (Å²) in [5.41, 5.74) is -0.0323. The largest absolute Gasteiger partial charge is 0.480 e. The summed E-state index contributed by atoms with van der Waals surface area (Å²) in [6.45, 7) is 0. The highest BCUT2D eigenvalue weighted by Crippen LogP contribution is 2.49. The summed E-state index contributed by atoms with van der Waals surface area (Å²) in [6.07, 6.45) is -2.52. The number of benzene rings is 1. The van der Waals surface area contributed by atoms with Crippen LogP contribution in [0.15, 0.2) is 28.7 Å². The minimum atomic E-state index is -2.78. The lowest BCUT2D eigenvalue weighted by Crippen LogP contribution is -2.46. The maximum atomic E-state index is 12.4. The first-order valence-corrected chi connectivity index (χ1v) is 7.22. The Bertz CT molecular complexity index is 561. The molecule has 2 rings (SSSR count). The van der Waals surface area contributed by atoms with Gasteiger partial charge in [-0.15, -0.1) is 0 Å². The highest BCUT2D eigenvalue weighted by atomic mass is 79.9. The quantitative estimate of drug-likeness (QED) is 0.818. The standard InChI is InChI=1S/C14H14BrF2NO3/c15-9-3-1-2-8(6-9)14(4-5-14)13(21)18-10(12(19)20)7-11(16)17/h1-3,6,10-11H,4-5,7H2,(H,18,21)(H,19,20). The van der Waals surface area contributed by atoms with Crippen molar-refractivity contribution >= 4 is 27.8 Å². The van der Waals surface area contributed by atoms with Gasteiger partial charge in [0.1, 0.15) is 6.04 Å². The molecule has 1 atom stereocenters. The Labute approximate surface area is 128 Å². The van der Waals surface area contributed by atoms with Gasteiger partial charge in [0.15, 0.2) is 0 Å². The van der Waals surface area contributed by atoms with Crippen LogP contribution in [0.4, 0.5) is 8.78 Å². The molecule has 21 heavy (non-hydrogen) atoms. The number of nitrogens with one attached hydrogen (secondary N) is 1. The van der Waals surface area contributed by atoms with E-state index in [0.717, 1.165) is 10.0 Å². The molecule has 0 heterocycles. The van der Waals surface area contributed by atoms with Crippen LogP contribution < -0.4 is 5.32 Å². The Morgan fingerprint density at radius 3 is 2.52 bits per heavy atom. The fourth-order valence-electron chi connectivity index (χ4n) is 2.25. The maximum absolute atomic E-state index is 12.4. The second-order valence-electron chi connectivity index (χ2n) is 5.08. The zero-order valence-corrected chi connectivity index (χ0v) is 12.6. The van der Waals surface area contributed by atoms with Crippen LogP contribution in [0.1, 0.15) is 24.8 Å². The SMILES string of the molecule is O=C(O)C(CC(F)F)NC(=O)C1(c2cccc(Br)c2)CC1. The molecular weight excluding hydrogens is 348 g/mol. The summed E-state index contributed by atoms with van der Waals surface area (Å²) in [4.78, 5) is 23.3. The summed E-state index contributed by atoms with van der Waals surface area (Å²) in [6, 6.07) is 5.59. The Morgan fingerprint density at radius 2 is 2.05 bits per heavy atom. The molecule has 1 aromatic rings. The lowest BCUT2D eigenvalue weighted by atomic mass is 9.94. The first-order chi connectivity index (χ1) is 9.85. The topological polar surface area (TPSA) is 66.4 Å². The van der Waals surface area contributed by atoms with Gasteiger partial charge in [-0.25, -0.2) is 13.6 Å². The van der Waals surface area contributed by atoms with Crippen LogP contribution in [0.25, 0.3) is 0 Å². The van der Waals surface area contributed by atoms with Gasteiger partial charge in [-0.1, -0.05) is 28.1 Å². The summed E-state index contributed by atoms with van der Waals surface area (Å²) in [5, 5.41) is 11.2. The van der Waals surface area contributed by atoms with Gasteiger partial charge >= 0.3 is 5.97 Å². The second kappa shape index (κ2) is 6.09. The lowest BCUT2D eigenvalue weighted by molar-refractivity contribution is -0.143. The third kappa shape index (κ3) is 3.58. The van der Waals surface area contributed by atoms with E-state index in [0.29, 0.717) is 12.8 Å². The molecule has 1 aliphatic carbocycles. The number of aliphatic carboxylic acids is 1. The molecule has 0 bridgehead atoms. The molecule has 1 amide bonds. The number of hydrogen-bond donors (Lipinski definition) is 2. The molecule has 1 aromatic carbocycles. The number of alkyl halides is 2. The summed E-state index contributed by atoms with van der Waals surface area (Å²) < 4.78 is 25.5. The van der Waals surface area contributed by atoms with Gasteiger partial charge in [0.25, 0.3) is 0 Å². The monoisotopic (exact) mass is 361 g/mol. The van der Waals surface area contributed by atoms with Crippen molar-refractivity contribution in [2.75, 3.05) is 0 Å². The molecule has 0 saturated heterocycles. The zero-order chi connectivity index (χ0) is 15.6. The van der Waals surface area contributed by atoms with E-state index in [4.69, 9.17) is 5.11 Å². The van der Waals surface area contributed by atoms with Gasteiger partial charge in [-0.3, -0.25) is 4.79 Å². The average molecular weight is 362 g/mol. The predicted octanol–water partition coefficient (Wildman–Crippen LogP) is 2.71. The molecule has 0 aromatic heterocycles. The molecule has 0 spiro atoms. The fourth-order valence-corrected chi connectivity index (χ4v) is 2.65. The minimum absolute atomic E-state index is 0.506. The van der Waals surface area contributed by atoms with E-state index in [1.54, 1.807) is 18.2 Å². The average Bonchev–Trinajstić information content (AvgIpc) is 3.18. The van der Waals surface area contributed by atoms with Crippen LogP contribution >= 0.6 is 15.9 Å². The number of hydrogen-bond acceptors (Lipinski definition) is 2. The fraction of sp³-hybridized carbons (Fsp3) is 0.429. The van der Waals surface area contributed by atoms with E-state index in [-0.39, 0.29) is 0 Å². The zero-order valence-electron chi connectivity index (χ0n) is 11.0. The van der Waals surface area contributed by atoms with Crippen LogP contribution in [0, 0.1) is 0 Å². The Hall–Kier alpha value is -1.50. The Kier molecular flexibility index (Phi) is 4.61. The van der Waals surface area contributed by atoms with Gasteiger partial charge in [0, 0.05) is 10.9 Å². The van der Waals surface area contributed by atoms with Gasteiger partial charge in [0.2, 0.25) is 12.3 Å². The maximum Gasteiger partial charge on any atom is 0.326 e. The number of carbonyl (C=O) groups excluding carboxylic acids is 1. The number of carboxylic acids is 1. The van der Waals surface area contributed by atoms with Gasteiger partial charge in [0.05, 0.1) is 5.41 Å². The number of carboxylic acid groups (broad SMARTS) is 1. The van der Waals surface area contributed by atoms with Gasteiger partial charge in [-0.05, 0) is 30.5 Å². The molecule has 0 radical (unpaired) electrons. The third-order valence-corrected chi connectivity index (χ3v) is 4.07. The van der Waals surface area contributed by atoms with E-state index < -0.39 is 36.2 Å². The lowest BCUT2D eigenvalue weighted by Gasteiger charge is -2.20. The molecule has 7 heteroatoms. The molecule has 1 fully saturated rings. The van der Waals surface area contributed by atoms with E-state index >= 15 is 0 Å². The van der Waals surface area contributed by atoms with Crippen LogP contribution in [-0.2, 0) is 15.0 Å². The molecule has 1 aliphatic rings. The Balaban J connectivity index is 2.14. The van der Waals surface area contributed by atoms with E-state index in [1.165, 1.54) is 0 Å². The van der Waals surface area contributed by atoms with Crippen LogP contribution in [0.5, 0.6) is 0 Å². The number of rotatable bonds is 6. The third-order valence-electron chi connectivity index (χ3n) is 3.58. The van der Waals surface area contributed by atoms with E-state index in [1.807, 2.05) is 6.07 Å². The van der Waals surface area contributed by atoms with E-state index in [9.17, 15) is 18.4 Å². The first kappa shape index (κ1) is 15.9. The van der Waals surface area contributed by atoms with Crippen molar-refractivity contribution in [1.82, 2.24) is 5.32 Å². The van der Waals surface area contributed by atoms with Crippen LogP contribution in [-0.4, -0.2) is 29.5 Å². The van der Waals surface area contributed by atoms with Gasteiger partial charge in [-0.2, -0.15) is 0 Å². The van der Waals surface area contributed by atoms with Crippen molar-refractivity contribution in [1.29, 1.82) is 0 Å². The van der Waals surface area contributed by atoms with Crippen molar-refractivity contribution in [3.05, 3.63) is 34.3 Å². The number of carbonyl (C=O) groups is 2. The molecule has 0 aliphatic heterocycles. The van der Waals surface area contributed by atoms with Crippen molar-refractivity contribution in [2.24, 2.45) is 0 Å². The smallest absolute Gasteiger partial charge is 0.326 e. The van der Waals surface area contributed by atoms with Gasteiger partial charge < -0.3 is 10.4 Å². The highest BCUT2D eigenvalue weighted by Gasteiger charge is 2.52. The summed E-state index contributed by atoms with van der Waals surface area (Å²) >= 11 is 3.31. The van der Waals surface area contributed by atoms with Crippen LogP contribution in [0.3, 0.4) is 0 Å². The summed E-state index contributed by atoms with van der Waals surface area (Å²) in [7, 11) is 0. The van der Waals surface area contributed by atoms with Crippen molar-refractivity contribution in [3.8, 4) is 0 Å².